The Hall–Kier alpha value is -3.16. The summed E-state index contributed by atoms with van der Waals surface area (Å²) in [4.78, 5) is 15.4. The molecule has 1 amide bonds. The van der Waals surface area contributed by atoms with Crippen molar-refractivity contribution in [3.63, 3.8) is 0 Å². The average Bonchev–Trinajstić information content (AvgIpc) is 3.21. The molecule has 4 rings (SSSR count). The molecule has 1 aliphatic heterocycles. The molecule has 7 heteroatoms. The Balaban J connectivity index is 1.69. The zero-order chi connectivity index (χ0) is 21.1. The van der Waals surface area contributed by atoms with Crippen molar-refractivity contribution in [3.05, 3.63) is 65.9 Å². The van der Waals surface area contributed by atoms with Crippen LogP contribution in [0.1, 0.15) is 15.9 Å². The number of carbonyl (C=O) groups is 1. The summed E-state index contributed by atoms with van der Waals surface area (Å²) in [6.45, 7) is 5.48. The van der Waals surface area contributed by atoms with Crippen molar-refractivity contribution in [3.8, 4) is 22.7 Å². The molecule has 30 heavy (non-hydrogen) atoms. The monoisotopic (exact) mass is 405 g/mol. The summed E-state index contributed by atoms with van der Waals surface area (Å²) in [6.07, 6.45) is 1.80. The van der Waals surface area contributed by atoms with Crippen LogP contribution in [0.4, 0.5) is 0 Å². The van der Waals surface area contributed by atoms with Crippen molar-refractivity contribution in [2.45, 2.75) is 6.92 Å². The van der Waals surface area contributed by atoms with Crippen LogP contribution in [0.5, 0.6) is 5.75 Å². The van der Waals surface area contributed by atoms with Gasteiger partial charge in [-0.1, -0.05) is 29.8 Å². The van der Waals surface area contributed by atoms with Crippen molar-refractivity contribution in [2.24, 2.45) is 0 Å². The number of aromatic nitrogens is 2. The largest absolute Gasteiger partial charge is 0.497 e. The third-order valence-electron chi connectivity index (χ3n) is 5.36. The van der Waals surface area contributed by atoms with Crippen LogP contribution in [0.25, 0.3) is 16.9 Å². The number of nitrogens with zero attached hydrogens (tertiary/aromatic N) is 4. The van der Waals surface area contributed by atoms with E-state index in [2.05, 4.69) is 17.4 Å². The minimum atomic E-state index is -0.157. The molecule has 3 aromatic rings. The van der Waals surface area contributed by atoms with E-state index in [1.165, 1.54) is 5.56 Å². The summed E-state index contributed by atoms with van der Waals surface area (Å²) in [5.74, 6) is 0.568. The molecule has 0 spiro atoms. The van der Waals surface area contributed by atoms with Crippen LogP contribution in [0.15, 0.2) is 54.7 Å². The second-order valence-electron chi connectivity index (χ2n) is 7.63. The molecule has 1 saturated heterocycles. The number of hydrogen-bond donors (Lipinski definition) is 1. The minimum Gasteiger partial charge on any atom is -0.497 e. The van der Waals surface area contributed by atoms with Crippen LogP contribution in [0, 0.1) is 6.92 Å². The van der Waals surface area contributed by atoms with E-state index in [4.69, 9.17) is 9.84 Å². The quantitative estimate of drug-likeness (QED) is 0.707. The second kappa shape index (κ2) is 8.69. The first-order valence-corrected chi connectivity index (χ1v) is 10.1. The molecule has 1 aromatic heterocycles. The number of methoxy groups -OCH3 is 1. The number of rotatable bonds is 5. The van der Waals surface area contributed by atoms with Crippen LogP contribution in [0.2, 0.25) is 0 Å². The number of nitrogens with one attached hydrogen (secondary N) is 1. The van der Waals surface area contributed by atoms with Gasteiger partial charge in [-0.05, 0) is 38.2 Å². The van der Waals surface area contributed by atoms with Crippen LogP contribution >= 0.6 is 0 Å². The maximum atomic E-state index is 13.2. The third kappa shape index (κ3) is 4.37. The SMILES string of the molecule is COc1cccc(-c2nn(-c3ccc(C)cc3)cc2C(=O)NN2CCN(C)CC2)c1. The fourth-order valence-corrected chi connectivity index (χ4v) is 3.48. The van der Waals surface area contributed by atoms with E-state index in [9.17, 15) is 4.79 Å². The number of benzene rings is 2. The van der Waals surface area contributed by atoms with E-state index in [1.807, 2.05) is 60.5 Å². The lowest BCUT2D eigenvalue weighted by Gasteiger charge is -2.32. The Morgan fingerprint density at radius 2 is 1.80 bits per heavy atom. The van der Waals surface area contributed by atoms with Gasteiger partial charge < -0.3 is 9.64 Å². The zero-order valence-electron chi connectivity index (χ0n) is 17.6. The fraction of sp³-hybridized carbons (Fsp3) is 0.304. The molecule has 0 saturated carbocycles. The number of piperazine rings is 1. The van der Waals surface area contributed by atoms with Gasteiger partial charge in [0.2, 0.25) is 0 Å². The summed E-state index contributed by atoms with van der Waals surface area (Å²) in [6, 6.07) is 15.7. The molecule has 0 radical (unpaired) electrons. The molecule has 1 aliphatic rings. The summed E-state index contributed by atoms with van der Waals surface area (Å²) in [5, 5.41) is 6.73. The normalized spacial score (nSPS) is 15.2. The van der Waals surface area contributed by atoms with Gasteiger partial charge in [-0.25, -0.2) is 9.69 Å². The van der Waals surface area contributed by atoms with E-state index in [1.54, 1.807) is 18.0 Å². The highest BCUT2D eigenvalue weighted by Crippen LogP contribution is 2.27. The number of likely N-dealkylation sites (N-methyl/N-ethyl adjacent to an activating group) is 1. The lowest BCUT2D eigenvalue weighted by Crippen LogP contribution is -2.52. The highest BCUT2D eigenvalue weighted by atomic mass is 16.5. The Bertz CT molecular complexity index is 1020. The number of hydrogen-bond acceptors (Lipinski definition) is 5. The first-order valence-electron chi connectivity index (χ1n) is 10.1. The topological polar surface area (TPSA) is 62.6 Å². The Kier molecular flexibility index (Phi) is 5.83. The maximum Gasteiger partial charge on any atom is 0.269 e. The van der Waals surface area contributed by atoms with Crippen LogP contribution in [-0.2, 0) is 0 Å². The zero-order valence-corrected chi connectivity index (χ0v) is 17.6. The maximum absolute atomic E-state index is 13.2. The second-order valence-corrected chi connectivity index (χ2v) is 7.63. The van der Waals surface area contributed by atoms with Crippen molar-refractivity contribution in [2.75, 3.05) is 40.3 Å². The molecule has 156 valence electrons. The van der Waals surface area contributed by atoms with Crippen LogP contribution < -0.4 is 10.2 Å². The van der Waals surface area contributed by atoms with E-state index < -0.39 is 0 Å². The van der Waals surface area contributed by atoms with E-state index in [0.29, 0.717) is 11.3 Å². The number of hydrazine groups is 1. The molecule has 1 N–H and O–H groups in total. The van der Waals surface area contributed by atoms with Crippen molar-refractivity contribution >= 4 is 5.91 Å². The predicted molar refractivity (Wildman–Crippen MR) is 117 cm³/mol. The molecule has 0 bridgehead atoms. The molecule has 1 fully saturated rings. The van der Waals surface area contributed by atoms with Crippen LogP contribution in [-0.4, -0.2) is 65.9 Å². The molecule has 0 aliphatic carbocycles. The Labute approximate surface area is 176 Å². The molecule has 0 unspecified atom stereocenters. The lowest BCUT2D eigenvalue weighted by molar-refractivity contribution is 0.0663. The minimum absolute atomic E-state index is 0.157. The number of ether oxygens (including phenoxy) is 1. The van der Waals surface area contributed by atoms with Gasteiger partial charge in [0, 0.05) is 37.9 Å². The van der Waals surface area contributed by atoms with E-state index in [0.717, 1.165) is 43.2 Å². The van der Waals surface area contributed by atoms with E-state index >= 15 is 0 Å². The first-order chi connectivity index (χ1) is 14.5. The third-order valence-corrected chi connectivity index (χ3v) is 5.36. The molecule has 2 heterocycles. The van der Waals surface area contributed by atoms with Crippen molar-refractivity contribution in [1.29, 1.82) is 0 Å². The molecule has 0 atom stereocenters. The van der Waals surface area contributed by atoms with Gasteiger partial charge in [0.15, 0.2) is 0 Å². The lowest BCUT2D eigenvalue weighted by atomic mass is 10.1. The summed E-state index contributed by atoms with van der Waals surface area (Å²) < 4.78 is 7.12. The highest BCUT2D eigenvalue weighted by Gasteiger charge is 2.22. The molecule has 7 nitrogen and oxygen atoms in total. The number of amides is 1. The van der Waals surface area contributed by atoms with Gasteiger partial charge in [0.05, 0.1) is 18.4 Å². The number of aryl methyl sites for hydroxylation is 1. The van der Waals surface area contributed by atoms with Crippen molar-refractivity contribution < 1.29 is 9.53 Å². The van der Waals surface area contributed by atoms with Crippen LogP contribution in [0.3, 0.4) is 0 Å². The molecule has 2 aromatic carbocycles. The Morgan fingerprint density at radius 3 is 2.50 bits per heavy atom. The van der Waals surface area contributed by atoms with Gasteiger partial charge in [-0.2, -0.15) is 5.10 Å². The fourth-order valence-electron chi connectivity index (χ4n) is 3.48. The van der Waals surface area contributed by atoms with Gasteiger partial charge in [-0.15, -0.1) is 0 Å². The standard InChI is InChI=1S/C23H27N5O2/c1-17-7-9-19(10-8-17)28-16-21(23(29)25-27-13-11-26(2)12-14-27)22(24-28)18-5-4-6-20(15-18)30-3/h4-10,15-16H,11-14H2,1-3H3,(H,25,29). The smallest absolute Gasteiger partial charge is 0.269 e. The van der Waals surface area contributed by atoms with Gasteiger partial charge in [-0.3, -0.25) is 10.2 Å². The number of carbonyl (C=O) groups excluding carboxylic acids is 1. The predicted octanol–water partition coefficient (Wildman–Crippen LogP) is 2.75. The van der Waals surface area contributed by atoms with Gasteiger partial charge in [0.25, 0.3) is 5.91 Å². The Morgan fingerprint density at radius 1 is 1.07 bits per heavy atom. The average molecular weight is 406 g/mol. The first kappa shape index (κ1) is 20.1. The molecular formula is C23H27N5O2. The van der Waals surface area contributed by atoms with Crippen molar-refractivity contribution in [1.82, 2.24) is 25.1 Å². The molecular weight excluding hydrogens is 378 g/mol. The van der Waals surface area contributed by atoms with Gasteiger partial charge in [0.1, 0.15) is 11.4 Å². The van der Waals surface area contributed by atoms with E-state index in [-0.39, 0.29) is 5.91 Å². The summed E-state index contributed by atoms with van der Waals surface area (Å²) in [5.41, 5.74) is 7.12. The van der Waals surface area contributed by atoms with Gasteiger partial charge >= 0.3 is 0 Å². The summed E-state index contributed by atoms with van der Waals surface area (Å²) in [7, 11) is 3.72. The summed E-state index contributed by atoms with van der Waals surface area (Å²) >= 11 is 0. The highest BCUT2D eigenvalue weighted by molar-refractivity contribution is 5.99.